The third-order valence-corrected chi connectivity index (χ3v) is 1.08. The van der Waals surface area contributed by atoms with Gasteiger partial charge in [0.05, 0.1) is 6.61 Å². The Balaban J connectivity index is 4.08. The Bertz CT molecular complexity index is 257. The molecule has 5 heteroatoms. The number of amides is 2. The lowest BCUT2D eigenvalue weighted by Crippen LogP contribution is -2.37. The molecule has 0 saturated carbocycles. The molecule has 0 aromatic heterocycles. The fourth-order valence-corrected chi connectivity index (χ4v) is 0.457. The lowest BCUT2D eigenvalue weighted by Gasteiger charge is -2.01. The van der Waals surface area contributed by atoms with Crippen molar-refractivity contribution in [1.82, 2.24) is 5.32 Å². The first-order chi connectivity index (χ1) is 5.99. The third kappa shape index (κ3) is 4.05. The van der Waals surface area contributed by atoms with Crippen LogP contribution in [0.15, 0.2) is 12.2 Å². The summed E-state index contributed by atoms with van der Waals surface area (Å²) < 4.78 is 4.35. The molecule has 0 rings (SSSR count). The maximum Gasteiger partial charge on any atom is 0.397 e. The molecular weight excluding hydrogens is 174 g/mol. The van der Waals surface area contributed by atoms with Crippen molar-refractivity contribution in [2.24, 2.45) is 0 Å². The van der Waals surface area contributed by atoms with E-state index in [0.29, 0.717) is 0 Å². The largest absolute Gasteiger partial charge is 0.459 e. The molecule has 0 aliphatic heterocycles. The van der Waals surface area contributed by atoms with Crippen LogP contribution in [0.4, 0.5) is 0 Å². The Labute approximate surface area is 75.8 Å². The molecule has 72 valence electrons. The number of carbonyl (C=O) groups excluding carboxylic acids is 3. The summed E-state index contributed by atoms with van der Waals surface area (Å²) in [5.41, 5.74) is 0.151. The summed E-state index contributed by atoms with van der Waals surface area (Å²) in [6, 6.07) is 0. The second-order valence-electron chi connectivity index (χ2n) is 2.28. The Morgan fingerprint density at radius 2 is 1.85 bits per heavy atom. The molecule has 0 bridgehead atoms. The van der Waals surface area contributed by atoms with E-state index in [0.717, 1.165) is 0 Å². The Hall–Kier alpha value is -1.65. The number of imide groups is 1. The maximum atomic E-state index is 10.8. The van der Waals surface area contributed by atoms with Crippen molar-refractivity contribution < 1.29 is 19.1 Å². The van der Waals surface area contributed by atoms with E-state index < -0.39 is 17.8 Å². The van der Waals surface area contributed by atoms with Crippen LogP contribution in [0.25, 0.3) is 0 Å². The van der Waals surface area contributed by atoms with Crippen LogP contribution in [0.1, 0.15) is 13.8 Å². The third-order valence-electron chi connectivity index (χ3n) is 1.08. The number of ether oxygens (including phenoxy) is 1. The topological polar surface area (TPSA) is 72.5 Å². The Kier molecular flexibility index (Phi) is 4.43. The van der Waals surface area contributed by atoms with Crippen LogP contribution < -0.4 is 5.32 Å². The minimum atomic E-state index is -1.07. The Morgan fingerprint density at radius 1 is 1.31 bits per heavy atom. The number of hydrogen-bond donors (Lipinski definition) is 1. The lowest BCUT2D eigenvalue weighted by atomic mass is 10.3. The summed E-state index contributed by atoms with van der Waals surface area (Å²) in [7, 11) is 0. The van der Waals surface area contributed by atoms with E-state index in [4.69, 9.17) is 0 Å². The molecule has 0 heterocycles. The molecular formula is C8H11NO4. The number of nitrogens with one attached hydrogen (secondary N) is 1. The van der Waals surface area contributed by atoms with E-state index in [-0.39, 0.29) is 12.2 Å². The number of esters is 1. The van der Waals surface area contributed by atoms with Crippen molar-refractivity contribution in [2.45, 2.75) is 13.8 Å². The van der Waals surface area contributed by atoms with Crippen LogP contribution in [0.5, 0.6) is 0 Å². The fraction of sp³-hybridized carbons (Fsp3) is 0.375. The van der Waals surface area contributed by atoms with Gasteiger partial charge >= 0.3 is 11.9 Å². The quantitative estimate of drug-likeness (QED) is 0.366. The molecule has 0 unspecified atom stereocenters. The molecule has 2 amide bonds. The van der Waals surface area contributed by atoms with E-state index in [1.165, 1.54) is 6.92 Å². The van der Waals surface area contributed by atoms with Gasteiger partial charge < -0.3 is 4.74 Å². The van der Waals surface area contributed by atoms with Gasteiger partial charge in [0.15, 0.2) is 0 Å². The summed E-state index contributed by atoms with van der Waals surface area (Å²) in [5.74, 6) is -2.83. The molecule has 0 saturated heterocycles. The zero-order valence-electron chi connectivity index (χ0n) is 7.55. The fourth-order valence-electron chi connectivity index (χ4n) is 0.457. The van der Waals surface area contributed by atoms with Gasteiger partial charge in [-0.2, -0.15) is 0 Å². The Morgan fingerprint density at radius 3 is 2.23 bits per heavy atom. The second kappa shape index (κ2) is 5.08. The first kappa shape index (κ1) is 11.4. The zero-order chi connectivity index (χ0) is 10.4. The predicted molar refractivity (Wildman–Crippen MR) is 44.6 cm³/mol. The van der Waals surface area contributed by atoms with Crippen molar-refractivity contribution in [3.05, 3.63) is 12.2 Å². The summed E-state index contributed by atoms with van der Waals surface area (Å²) >= 11 is 0. The van der Waals surface area contributed by atoms with Gasteiger partial charge in [-0.25, -0.2) is 4.79 Å². The molecule has 5 nitrogen and oxygen atoms in total. The molecule has 0 spiro atoms. The highest BCUT2D eigenvalue weighted by Gasteiger charge is 2.17. The average Bonchev–Trinajstić information content (AvgIpc) is 2.04. The van der Waals surface area contributed by atoms with Crippen molar-refractivity contribution >= 4 is 17.8 Å². The van der Waals surface area contributed by atoms with Crippen LogP contribution in [0, 0.1) is 0 Å². The summed E-state index contributed by atoms with van der Waals surface area (Å²) in [6.45, 7) is 6.37. The van der Waals surface area contributed by atoms with E-state index in [1.54, 1.807) is 6.92 Å². The predicted octanol–water partition coefficient (Wildman–Crippen LogP) is -0.232. The lowest BCUT2D eigenvalue weighted by molar-refractivity contribution is -0.155. The van der Waals surface area contributed by atoms with Gasteiger partial charge in [-0.3, -0.25) is 14.9 Å². The number of rotatable bonds is 2. The SMILES string of the molecule is C=C(C)C(=O)NC(=O)C(=O)OCC. The van der Waals surface area contributed by atoms with Gasteiger partial charge in [0, 0.05) is 5.57 Å². The van der Waals surface area contributed by atoms with E-state index in [1.807, 2.05) is 5.32 Å². The van der Waals surface area contributed by atoms with Crippen LogP contribution in [0.2, 0.25) is 0 Å². The average molecular weight is 185 g/mol. The number of hydrogen-bond acceptors (Lipinski definition) is 4. The van der Waals surface area contributed by atoms with Crippen molar-refractivity contribution in [2.75, 3.05) is 6.61 Å². The standard InChI is InChI=1S/C8H11NO4/c1-4-13-8(12)7(11)9-6(10)5(2)3/h2,4H2,1,3H3,(H,9,10,11). The molecule has 0 aliphatic rings. The first-order valence-electron chi connectivity index (χ1n) is 3.67. The minimum absolute atomic E-state index is 0.0908. The van der Waals surface area contributed by atoms with E-state index in [2.05, 4.69) is 11.3 Å². The molecule has 1 N–H and O–H groups in total. The highest BCUT2D eigenvalue weighted by Crippen LogP contribution is 1.86. The highest BCUT2D eigenvalue weighted by atomic mass is 16.5. The summed E-state index contributed by atoms with van der Waals surface area (Å²) in [4.78, 5) is 32.3. The molecule has 13 heavy (non-hydrogen) atoms. The summed E-state index contributed by atoms with van der Waals surface area (Å²) in [5, 5.41) is 1.81. The van der Waals surface area contributed by atoms with Crippen molar-refractivity contribution in [3.8, 4) is 0 Å². The highest BCUT2D eigenvalue weighted by molar-refractivity contribution is 6.36. The van der Waals surface area contributed by atoms with Gasteiger partial charge in [0.25, 0.3) is 5.91 Å². The maximum absolute atomic E-state index is 10.8. The molecule has 0 aromatic carbocycles. The van der Waals surface area contributed by atoms with Gasteiger partial charge in [-0.1, -0.05) is 6.58 Å². The second-order valence-corrected chi connectivity index (χ2v) is 2.28. The number of carbonyl (C=O) groups is 3. The molecule has 0 fully saturated rings. The minimum Gasteiger partial charge on any atom is -0.459 e. The first-order valence-corrected chi connectivity index (χ1v) is 3.67. The van der Waals surface area contributed by atoms with Crippen LogP contribution in [0.3, 0.4) is 0 Å². The molecule has 0 aromatic rings. The van der Waals surface area contributed by atoms with Crippen LogP contribution in [-0.4, -0.2) is 24.4 Å². The van der Waals surface area contributed by atoms with E-state index >= 15 is 0 Å². The molecule has 0 radical (unpaired) electrons. The molecule has 0 atom stereocenters. The van der Waals surface area contributed by atoms with Crippen molar-refractivity contribution in [3.63, 3.8) is 0 Å². The zero-order valence-corrected chi connectivity index (χ0v) is 7.55. The van der Waals surface area contributed by atoms with Gasteiger partial charge in [-0.15, -0.1) is 0 Å². The van der Waals surface area contributed by atoms with Gasteiger partial charge in [0.2, 0.25) is 0 Å². The normalized spacial score (nSPS) is 8.77. The monoisotopic (exact) mass is 185 g/mol. The van der Waals surface area contributed by atoms with Gasteiger partial charge in [-0.05, 0) is 13.8 Å². The van der Waals surface area contributed by atoms with E-state index in [9.17, 15) is 14.4 Å². The van der Waals surface area contributed by atoms with Crippen LogP contribution in [-0.2, 0) is 19.1 Å². The van der Waals surface area contributed by atoms with Crippen LogP contribution >= 0.6 is 0 Å². The van der Waals surface area contributed by atoms with Gasteiger partial charge in [0.1, 0.15) is 0 Å². The molecule has 0 aliphatic carbocycles. The summed E-state index contributed by atoms with van der Waals surface area (Å²) in [6.07, 6.45) is 0. The smallest absolute Gasteiger partial charge is 0.397 e. The van der Waals surface area contributed by atoms with Crippen molar-refractivity contribution in [1.29, 1.82) is 0 Å².